The number of aromatic nitrogens is 4. The lowest BCUT2D eigenvalue weighted by molar-refractivity contribution is -0.0847. The van der Waals surface area contributed by atoms with Crippen molar-refractivity contribution in [2.24, 2.45) is 0 Å². The maximum atomic E-state index is 13.5. The average Bonchev–Trinajstić information content (AvgIpc) is 3.31. The number of para-hydroxylation sites is 1. The Morgan fingerprint density at radius 1 is 1.24 bits per heavy atom. The Hall–Kier alpha value is -3.57. The number of imidazole rings is 1. The maximum absolute atomic E-state index is 13.5. The summed E-state index contributed by atoms with van der Waals surface area (Å²) in [6.07, 6.45) is -3.88. The van der Waals surface area contributed by atoms with E-state index in [2.05, 4.69) is 15.0 Å². The van der Waals surface area contributed by atoms with Gasteiger partial charge in [-0.05, 0) is 12.1 Å². The summed E-state index contributed by atoms with van der Waals surface area (Å²) in [5, 5.41) is 47.2. The standard InChI is InChI=1S/C17H18N6O9S/c18-14-10-15(20-5-19-14)23(6-21-10)17(13(28)12(27)9(4-24)32-17)33(30,31)22-16(29)7-2-1-3-8(25)11(7)26/h1-3,5-6,9,12-13,24-28H,4H2,(H,22,29)(H2,18,19,20)/t9-,12-,13-,17+/m1/s1. The molecule has 1 aromatic carbocycles. The summed E-state index contributed by atoms with van der Waals surface area (Å²) in [6, 6.07) is 3.28. The van der Waals surface area contributed by atoms with E-state index in [9.17, 15) is 38.7 Å². The topological polar surface area (TPSA) is 243 Å². The van der Waals surface area contributed by atoms with Crippen LogP contribution in [0.2, 0.25) is 0 Å². The van der Waals surface area contributed by atoms with Gasteiger partial charge in [0, 0.05) is 0 Å². The predicted octanol–water partition coefficient (Wildman–Crippen LogP) is -2.70. The number of nitrogens with two attached hydrogens (primary N) is 1. The van der Waals surface area contributed by atoms with Gasteiger partial charge in [0.1, 0.15) is 36.5 Å². The highest BCUT2D eigenvalue weighted by molar-refractivity contribution is 7.90. The second kappa shape index (κ2) is 7.78. The number of phenols is 2. The van der Waals surface area contributed by atoms with Crippen LogP contribution in [0.1, 0.15) is 10.4 Å². The molecule has 0 bridgehead atoms. The molecule has 0 saturated carbocycles. The number of hydrogen-bond donors (Lipinski definition) is 7. The zero-order chi connectivity index (χ0) is 24.1. The van der Waals surface area contributed by atoms with Gasteiger partial charge < -0.3 is 36.0 Å². The van der Waals surface area contributed by atoms with E-state index in [4.69, 9.17) is 10.5 Å². The quantitative estimate of drug-likeness (QED) is 0.183. The molecule has 4 rings (SSSR count). The zero-order valence-electron chi connectivity index (χ0n) is 16.5. The molecule has 1 saturated heterocycles. The number of nitrogens with zero attached hydrogens (tertiary/aromatic N) is 4. The summed E-state index contributed by atoms with van der Waals surface area (Å²) in [5.74, 6) is -3.10. The molecule has 1 amide bonds. The Labute approximate surface area is 184 Å². The Bertz CT molecular complexity index is 1350. The SMILES string of the molecule is Nc1ncnc2c1ncn2[C@]1(S(=O)(=O)NC(=O)c2cccc(O)c2O)O[C@H](CO)[C@@H](O)[C@H]1O. The molecule has 8 N–H and O–H groups in total. The third kappa shape index (κ3) is 3.23. The summed E-state index contributed by atoms with van der Waals surface area (Å²) in [5.41, 5.74) is 4.83. The Morgan fingerprint density at radius 2 is 1.97 bits per heavy atom. The molecule has 33 heavy (non-hydrogen) atoms. The van der Waals surface area contributed by atoms with Gasteiger partial charge in [0.15, 0.2) is 23.0 Å². The molecular weight excluding hydrogens is 464 g/mol. The molecule has 0 radical (unpaired) electrons. The Morgan fingerprint density at radius 3 is 2.64 bits per heavy atom. The molecular formula is C17H18N6O9S. The number of carbonyl (C=O) groups excluding carboxylic acids is 1. The lowest BCUT2D eigenvalue weighted by Gasteiger charge is -2.32. The number of aliphatic hydroxyl groups is 3. The summed E-state index contributed by atoms with van der Waals surface area (Å²) in [6.45, 7) is -0.888. The van der Waals surface area contributed by atoms with E-state index >= 15 is 0 Å². The molecule has 0 spiro atoms. The van der Waals surface area contributed by atoms with E-state index in [0.29, 0.717) is 0 Å². The lowest BCUT2D eigenvalue weighted by Crippen LogP contribution is -2.56. The number of sulfonamides is 1. The minimum Gasteiger partial charge on any atom is -0.504 e. The highest BCUT2D eigenvalue weighted by atomic mass is 32.2. The number of nitrogen functional groups attached to an aromatic ring is 1. The number of carbonyl (C=O) groups is 1. The monoisotopic (exact) mass is 482 g/mol. The predicted molar refractivity (Wildman–Crippen MR) is 108 cm³/mol. The van der Waals surface area contributed by atoms with E-state index in [0.717, 1.165) is 29.4 Å². The number of rotatable bonds is 5. The van der Waals surface area contributed by atoms with Crippen LogP contribution in [-0.4, -0.2) is 84.3 Å². The first kappa shape index (κ1) is 22.6. The fraction of sp³-hybridized carbons (Fsp3) is 0.294. The zero-order valence-corrected chi connectivity index (χ0v) is 17.3. The van der Waals surface area contributed by atoms with Crippen LogP contribution in [0, 0.1) is 0 Å². The third-order valence-electron chi connectivity index (χ3n) is 5.15. The van der Waals surface area contributed by atoms with Crippen molar-refractivity contribution in [3.05, 3.63) is 36.4 Å². The highest BCUT2D eigenvalue weighted by Crippen LogP contribution is 2.42. The van der Waals surface area contributed by atoms with Gasteiger partial charge in [0.05, 0.1) is 12.2 Å². The molecule has 1 fully saturated rings. The molecule has 0 unspecified atom stereocenters. The third-order valence-corrected chi connectivity index (χ3v) is 6.91. The fourth-order valence-corrected chi connectivity index (χ4v) is 5.12. The smallest absolute Gasteiger partial charge is 0.300 e. The van der Waals surface area contributed by atoms with E-state index in [1.165, 1.54) is 6.07 Å². The molecule has 0 aliphatic carbocycles. The molecule has 3 aromatic rings. The van der Waals surface area contributed by atoms with Gasteiger partial charge >= 0.3 is 5.06 Å². The number of benzene rings is 1. The van der Waals surface area contributed by atoms with Crippen LogP contribution in [0.3, 0.4) is 0 Å². The lowest BCUT2D eigenvalue weighted by atomic mass is 10.1. The van der Waals surface area contributed by atoms with E-state index in [-0.39, 0.29) is 17.0 Å². The first-order chi connectivity index (χ1) is 15.5. The van der Waals surface area contributed by atoms with Crippen molar-refractivity contribution in [1.29, 1.82) is 0 Å². The van der Waals surface area contributed by atoms with Crippen LogP contribution in [0.4, 0.5) is 5.82 Å². The number of phenolic OH excluding ortho intramolecular Hbond substituents is 2. The second-order valence-corrected chi connectivity index (χ2v) is 8.85. The summed E-state index contributed by atoms with van der Waals surface area (Å²) in [7, 11) is -5.16. The summed E-state index contributed by atoms with van der Waals surface area (Å²) >= 11 is 0. The number of amides is 1. The van der Waals surface area contributed by atoms with Crippen LogP contribution < -0.4 is 10.5 Å². The number of aliphatic hydroxyl groups excluding tert-OH is 3. The second-order valence-electron chi connectivity index (χ2n) is 7.06. The number of fused-ring (bicyclic) bond motifs is 1. The maximum Gasteiger partial charge on any atom is 0.300 e. The van der Waals surface area contributed by atoms with Crippen molar-refractivity contribution >= 4 is 32.9 Å². The van der Waals surface area contributed by atoms with E-state index in [1.54, 1.807) is 4.72 Å². The fourth-order valence-electron chi connectivity index (χ4n) is 3.52. The molecule has 1 aliphatic heterocycles. The van der Waals surface area contributed by atoms with E-state index in [1.807, 2.05) is 0 Å². The molecule has 2 aromatic heterocycles. The van der Waals surface area contributed by atoms with Crippen LogP contribution in [0.25, 0.3) is 11.2 Å². The minimum atomic E-state index is -5.16. The largest absolute Gasteiger partial charge is 0.504 e. The molecule has 176 valence electrons. The Kier molecular flexibility index (Phi) is 5.33. The molecule has 4 atom stereocenters. The first-order valence-corrected chi connectivity index (χ1v) is 10.7. The molecule has 3 heterocycles. The van der Waals surface area contributed by atoms with Gasteiger partial charge in [-0.25, -0.2) is 28.1 Å². The summed E-state index contributed by atoms with van der Waals surface area (Å²) < 4.78 is 34.8. The highest BCUT2D eigenvalue weighted by Gasteiger charge is 2.65. The molecule has 15 nitrogen and oxygen atoms in total. The van der Waals surface area contributed by atoms with Crippen molar-refractivity contribution < 1.29 is 43.5 Å². The van der Waals surface area contributed by atoms with Gasteiger partial charge in [0.2, 0.25) is 0 Å². The van der Waals surface area contributed by atoms with Gasteiger partial charge in [-0.3, -0.25) is 9.36 Å². The van der Waals surface area contributed by atoms with Gasteiger partial charge in [-0.15, -0.1) is 0 Å². The van der Waals surface area contributed by atoms with Crippen LogP contribution in [0.15, 0.2) is 30.9 Å². The van der Waals surface area contributed by atoms with Gasteiger partial charge in [-0.2, -0.15) is 0 Å². The number of aromatic hydroxyl groups is 2. The minimum absolute atomic E-state index is 0.0678. The number of nitrogens with one attached hydrogen (secondary N) is 1. The van der Waals surface area contributed by atoms with Gasteiger partial charge in [-0.1, -0.05) is 6.07 Å². The van der Waals surface area contributed by atoms with Crippen LogP contribution in [0.5, 0.6) is 11.5 Å². The van der Waals surface area contributed by atoms with Crippen molar-refractivity contribution in [2.75, 3.05) is 12.3 Å². The normalized spacial score (nSPS) is 25.4. The first-order valence-electron chi connectivity index (χ1n) is 9.21. The average molecular weight is 482 g/mol. The number of hydrogen-bond acceptors (Lipinski definition) is 13. The van der Waals surface area contributed by atoms with Gasteiger partial charge in [0.25, 0.3) is 15.9 Å². The van der Waals surface area contributed by atoms with Crippen LogP contribution >= 0.6 is 0 Å². The van der Waals surface area contributed by atoms with Crippen molar-refractivity contribution in [1.82, 2.24) is 24.2 Å². The summed E-state index contributed by atoms with van der Waals surface area (Å²) in [4.78, 5) is 24.2. The van der Waals surface area contributed by atoms with Crippen molar-refractivity contribution in [2.45, 2.75) is 23.4 Å². The Balaban J connectivity index is 1.89. The number of anilines is 1. The van der Waals surface area contributed by atoms with Crippen molar-refractivity contribution in [3.63, 3.8) is 0 Å². The molecule has 16 heteroatoms. The molecule has 1 aliphatic rings. The van der Waals surface area contributed by atoms with E-state index < -0.39 is 63.0 Å². The van der Waals surface area contributed by atoms with Crippen LogP contribution in [-0.2, 0) is 19.8 Å². The van der Waals surface area contributed by atoms with Crippen molar-refractivity contribution in [3.8, 4) is 11.5 Å². The number of ether oxygens (including phenoxy) is 1.